The molecular formula is C20H27N3O. The fourth-order valence-corrected chi connectivity index (χ4v) is 2.67. The van der Waals surface area contributed by atoms with Crippen LogP contribution >= 0.6 is 0 Å². The highest BCUT2D eigenvalue weighted by Gasteiger charge is 2.22. The van der Waals surface area contributed by atoms with Crippen molar-refractivity contribution in [1.82, 2.24) is 15.2 Å². The molecule has 4 heteroatoms. The Labute approximate surface area is 144 Å². The summed E-state index contributed by atoms with van der Waals surface area (Å²) in [6, 6.07) is 16.1. The van der Waals surface area contributed by atoms with Crippen molar-refractivity contribution in [3.63, 3.8) is 0 Å². The van der Waals surface area contributed by atoms with E-state index in [4.69, 9.17) is 0 Å². The van der Waals surface area contributed by atoms with Crippen LogP contribution in [0.1, 0.15) is 25.1 Å². The van der Waals surface area contributed by atoms with Gasteiger partial charge in [0.25, 0.3) is 0 Å². The van der Waals surface area contributed by atoms with Gasteiger partial charge in [-0.25, -0.2) is 0 Å². The Kier molecular flexibility index (Phi) is 6.94. The van der Waals surface area contributed by atoms with E-state index in [1.807, 2.05) is 43.4 Å². The van der Waals surface area contributed by atoms with E-state index in [1.54, 1.807) is 11.1 Å². The van der Waals surface area contributed by atoms with Crippen LogP contribution in [0.3, 0.4) is 0 Å². The number of carbonyl (C=O) groups excluding carboxylic acids is 1. The van der Waals surface area contributed by atoms with Gasteiger partial charge in [-0.3, -0.25) is 9.78 Å². The van der Waals surface area contributed by atoms with Gasteiger partial charge in [-0.1, -0.05) is 50.2 Å². The predicted octanol–water partition coefficient (Wildman–Crippen LogP) is 2.69. The van der Waals surface area contributed by atoms with E-state index in [0.717, 1.165) is 12.1 Å². The third-order valence-electron chi connectivity index (χ3n) is 3.92. The van der Waals surface area contributed by atoms with Crippen LogP contribution in [0.4, 0.5) is 0 Å². The first-order valence-electron chi connectivity index (χ1n) is 8.51. The lowest BCUT2D eigenvalue weighted by molar-refractivity contribution is -0.132. The molecule has 1 N–H and O–H groups in total. The van der Waals surface area contributed by atoms with Gasteiger partial charge in [-0.15, -0.1) is 0 Å². The van der Waals surface area contributed by atoms with Crippen molar-refractivity contribution in [2.75, 3.05) is 13.6 Å². The van der Waals surface area contributed by atoms with Gasteiger partial charge < -0.3 is 10.2 Å². The molecule has 128 valence electrons. The monoisotopic (exact) mass is 325 g/mol. The molecule has 0 aliphatic heterocycles. The van der Waals surface area contributed by atoms with E-state index in [2.05, 4.69) is 36.3 Å². The maximum atomic E-state index is 12.8. The van der Waals surface area contributed by atoms with Crippen LogP contribution in [-0.4, -0.2) is 41.5 Å². The van der Waals surface area contributed by atoms with Crippen molar-refractivity contribution in [2.45, 2.75) is 38.8 Å². The van der Waals surface area contributed by atoms with Gasteiger partial charge >= 0.3 is 0 Å². The highest BCUT2D eigenvalue weighted by atomic mass is 16.2. The number of pyridine rings is 1. The minimum Gasteiger partial charge on any atom is -0.344 e. The molecule has 1 atom stereocenters. The molecule has 4 nitrogen and oxygen atoms in total. The molecule has 0 fully saturated rings. The molecule has 0 radical (unpaired) electrons. The maximum Gasteiger partial charge on any atom is 0.239 e. The first kappa shape index (κ1) is 18.1. The lowest BCUT2D eigenvalue weighted by atomic mass is 10.0. The molecule has 0 bridgehead atoms. The number of nitrogens with zero attached hydrogens (tertiary/aromatic N) is 2. The van der Waals surface area contributed by atoms with Gasteiger partial charge in [0.2, 0.25) is 5.91 Å². The van der Waals surface area contributed by atoms with Crippen molar-refractivity contribution >= 4 is 5.91 Å². The third-order valence-corrected chi connectivity index (χ3v) is 3.92. The molecular weight excluding hydrogens is 298 g/mol. The second kappa shape index (κ2) is 9.18. The van der Waals surface area contributed by atoms with Crippen LogP contribution in [0, 0.1) is 0 Å². The van der Waals surface area contributed by atoms with E-state index in [9.17, 15) is 4.79 Å². The van der Waals surface area contributed by atoms with E-state index in [0.29, 0.717) is 13.0 Å². The summed E-state index contributed by atoms with van der Waals surface area (Å²) < 4.78 is 0. The standard InChI is InChI=1S/C20H27N3O/c1-16(2)22-19(15-17-9-5-4-6-10-17)20(24)23(3)14-12-18-11-7-8-13-21-18/h4-11,13,16,19,22H,12,14-15H2,1-3H3. The zero-order valence-corrected chi connectivity index (χ0v) is 14.8. The van der Waals surface area contributed by atoms with Crippen molar-refractivity contribution < 1.29 is 4.79 Å². The second-order valence-corrected chi connectivity index (χ2v) is 6.39. The molecule has 2 aromatic rings. The summed E-state index contributed by atoms with van der Waals surface area (Å²) in [6.45, 7) is 4.80. The summed E-state index contributed by atoms with van der Waals surface area (Å²) >= 11 is 0. The molecule has 0 aliphatic rings. The molecule has 0 spiro atoms. The van der Waals surface area contributed by atoms with Gasteiger partial charge in [-0.2, -0.15) is 0 Å². The summed E-state index contributed by atoms with van der Waals surface area (Å²) in [5, 5.41) is 3.40. The minimum atomic E-state index is -0.207. The van der Waals surface area contributed by atoms with Gasteiger partial charge in [0.05, 0.1) is 6.04 Å². The third kappa shape index (κ3) is 5.78. The molecule has 1 amide bonds. The number of hydrogen-bond acceptors (Lipinski definition) is 3. The number of hydrogen-bond donors (Lipinski definition) is 1. The van der Waals surface area contributed by atoms with Crippen LogP contribution in [0.25, 0.3) is 0 Å². The van der Waals surface area contributed by atoms with E-state index >= 15 is 0 Å². The minimum absolute atomic E-state index is 0.128. The Morgan fingerprint density at radius 2 is 1.83 bits per heavy atom. The van der Waals surface area contributed by atoms with Crippen LogP contribution in [0.5, 0.6) is 0 Å². The van der Waals surface area contributed by atoms with Crippen LogP contribution in [0.2, 0.25) is 0 Å². The average molecular weight is 325 g/mol. The van der Waals surface area contributed by atoms with Crippen LogP contribution < -0.4 is 5.32 Å². The number of amides is 1. The number of rotatable bonds is 8. The van der Waals surface area contributed by atoms with Crippen molar-refractivity contribution in [1.29, 1.82) is 0 Å². The lowest BCUT2D eigenvalue weighted by Gasteiger charge is -2.26. The first-order chi connectivity index (χ1) is 11.6. The highest BCUT2D eigenvalue weighted by Crippen LogP contribution is 2.07. The number of nitrogens with one attached hydrogen (secondary N) is 1. The van der Waals surface area contributed by atoms with Gasteiger partial charge in [0.1, 0.15) is 0 Å². The Bertz CT molecular complexity index is 613. The maximum absolute atomic E-state index is 12.8. The van der Waals surface area contributed by atoms with Crippen molar-refractivity contribution in [2.24, 2.45) is 0 Å². The average Bonchev–Trinajstić information content (AvgIpc) is 2.60. The Balaban J connectivity index is 1.97. The highest BCUT2D eigenvalue weighted by molar-refractivity contribution is 5.82. The Morgan fingerprint density at radius 1 is 1.12 bits per heavy atom. The largest absolute Gasteiger partial charge is 0.344 e. The summed E-state index contributed by atoms with van der Waals surface area (Å²) in [5.41, 5.74) is 2.18. The smallest absolute Gasteiger partial charge is 0.239 e. The lowest BCUT2D eigenvalue weighted by Crippen LogP contribution is -2.49. The summed E-state index contributed by atoms with van der Waals surface area (Å²) in [4.78, 5) is 19.0. The normalized spacial score (nSPS) is 12.2. The van der Waals surface area contributed by atoms with E-state index in [-0.39, 0.29) is 18.0 Å². The molecule has 24 heavy (non-hydrogen) atoms. The molecule has 0 aliphatic carbocycles. The van der Waals surface area contributed by atoms with Gasteiger partial charge in [0.15, 0.2) is 0 Å². The number of aromatic nitrogens is 1. The van der Waals surface area contributed by atoms with Gasteiger partial charge in [-0.05, 0) is 24.1 Å². The van der Waals surface area contributed by atoms with Crippen molar-refractivity contribution in [3.8, 4) is 0 Å². The number of carbonyl (C=O) groups is 1. The zero-order valence-electron chi connectivity index (χ0n) is 14.8. The Morgan fingerprint density at radius 3 is 2.46 bits per heavy atom. The second-order valence-electron chi connectivity index (χ2n) is 6.39. The van der Waals surface area contributed by atoms with Gasteiger partial charge in [0, 0.05) is 37.9 Å². The summed E-state index contributed by atoms with van der Waals surface area (Å²) in [6.07, 6.45) is 3.25. The summed E-state index contributed by atoms with van der Waals surface area (Å²) in [7, 11) is 1.87. The number of likely N-dealkylation sites (N-methyl/N-ethyl adjacent to an activating group) is 1. The molecule has 0 saturated carbocycles. The molecule has 2 rings (SSSR count). The fourth-order valence-electron chi connectivity index (χ4n) is 2.67. The molecule has 1 heterocycles. The SMILES string of the molecule is CC(C)NC(Cc1ccccc1)C(=O)N(C)CCc1ccccn1. The van der Waals surface area contributed by atoms with Crippen LogP contribution in [-0.2, 0) is 17.6 Å². The van der Waals surface area contributed by atoms with Crippen molar-refractivity contribution in [3.05, 3.63) is 66.0 Å². The molecule has 0 saturated heterocycles. The molecule has 1 aromatic carbocycles. The zero-order chi connectivity index (χ0) is 17.4. The number of benzene rings is 1. The summed E-state index contributed by atoms with van der Waals surface area (Å²) in [5.74, 6) is 0.128. The molecule has 1 aromatic heterocycles. The fraction of sp³-hybridized carbons (Fsp3) is 0.400. The topological polar surface area (TPSA) is 45.2 Å². The van der Waals surface area contributed by atoms with Crippen LogP contribution in [0.15, 0.2) is 54.7 Å². The quantitative estimate of drug-likeness (QED) is 0.812. The predicted molar refractivity (Wildman–Crippen MR) is 97.8 cm³/mol. The molecule has 1 unspecified atom stereocenters. The first-order valence-corrected chi connectivity index (χ1v) is 8.51. The van der Waals surface area contributed by atoms with E-state index in [1.165, 1.54) is 5.56 Å². The Hall–Kier alpha value is -2.20. The van der Waals surface area contributed by atoms with E-state index < -0.39 is 0 Å².